The van der Waals surface area contributed by atoms with E-state index in [1.165, 1.54) is 0 Å². The summed E-state index contributed by atoms with van der Waals surface area (Å²) in [6.07, 6.45) is 7.72. The topological polar surface area (TPSA) is 65.0 Å². The van der Waals surface area contributed by atoms with Gasteiger partial charge in [-0.15, -0.1) is 0 Å². The van der Waals surface area contributed by atoms with E-state index in [1.807, 2.05) is 25.1 Å². The number of hydrogen-bond donors (Lipinski definition) is 0. The van der Waals surface area contributed by atoms with Crippen molar-refractivity contribution in [3.63, 3.8) is 0 Å². The second-order valence-corrected chi connectivity index (χ2v) is 8.94. The Bertz CT molecular complexity index is 980. The van der Waals surface area contributed by atoms with Crippen LogP contribution in [0.25, 0.3) is 6.08 Å². The van der Waals surface area contributed by atoms with Crippen molar-refractivity contribution in [2.24, 2.45) is 5.92 Å². The first-order valence-electron chi connectivity index (χ1n) is 9.63. The number of ether oxygens (including phenoxy) is 1. The Morgan fingerprint density at radius 2 is 1.62 bits per heavy atom. The second kappa shape index (κ2) is 13.7. The molecule has 4 rings (SSSR count). The van der Waals surface area contributed by atoms with Crippen LogP contribution in [0.15, 0.2) is 61.6 Å². The van der Waals surface area contributed by atoms with Crippen LogP contribution in [0.4, 0.5) is 0 Å². The SMILES string of the molecule is C=Cc1ccc(Cl)nc1.CCOC(=O)C1CC1c1ccc(Cl)nc1.Clc1ccc(I)cn1. The zero-order valence-corrected chi connectivity index (χ0v) is 21.6. The van der Waals surface area contributed by atoms with Crippen molar-refractivity contribution in [1.82, 2.24) is 15.0 Å². The first-order valence-corrected chi connectivity index (χ1v) is 11.8. The fourth-order valence-corrected chi connectivity index (χ4v) is 3.20. The summed E-state index contributed by atoms with van der Waals surface area (Å²) in [6, 6.07) is 10.9. The molecule has 9 heteroatoms. The maximum absolute atomic E-state index is 11.4. The van der Waals surface area contributed by atoms with E-state index in [2.05, 4.69) is 44.1 Å². The van der Waals surface area contributed by atoms with Gasteiger partial charge in [0.25, 0.3) is 0 Å². The summed E-state index contributed by atoms with van der Waals surface area (Å²) in [6.45, 7) is 5.84. The highest BCUT2D eigenvalue weighted by molar-refractivity contribution is 14.1. The van der Waals surface area contributed by atoms with Crippen molar-refractivity contribution < 1.29 is 9.53 Å². The third-order valence-electron chi connectivity index (χ3n) is 4.24. The van der Waals surface area contributed by atoms with Crippen molar-refractivity contribution in [3.8, 4) is 0 Å². The lowest BCUT2D eigenvalue weighted by molar-refractivity contribution is -0.144. The maximum Gasteiger partial charge on any atom is 0.309 e. The van der Waals surface area contributed by atoms with Gasteiger partial charge >= 0.3 is 5.97 Å². The van der Waals surface area contributed by atoms with Crippen LogP contribution in [-0.2, 0) is 9.53 Å². The van der Waals surface area contributed by atoms with E-state index in [1.54, 1.807) is 42.9 Å². The molecule has 2 unspecified atom stereocenters. The van der Waals surface area contributed by atoms with Gasteiger partial charge in [0, 0.05) is 22.2 Å². The number of pyridine rings is 3. The van der Waals surface area contributed by atoms with Crippen molar-refractivity contribution in [2.75, 3.05) is 6.61 Å². The molecule has 3 aromatic heterocycles. The molecular weight excluding hydrogens is 584 g/mol. The van der Waals surface area contributed by atoms with Crippen LogP contribution < -0.4 is 0 Å². The van der Waals surface area contributed by atoms with Gasteiger partial charge in [-0.1, -0.05) is 59.6 Å². The van der Waals surface area contributed by atoms with Crippen LogP contribution in [0.5, 0.6) is 0 Å². The number of halogens is 4. The quantitative estimate of drug-likeness (QED) is 0.180. The molecule has 3 aromatic rings. The summed E-state index contributed by atoms with van der Waals surface area (Å²) in [7, 11) is 0. The van der Waals surface area contributed by atoms with Crippen LogP contribution in [-0.4, -0.2) is 27.5 Å². The van der Waals surface area contributed by atoms with Crippen molar-refractivity contribution in [2.45, 2.75) is 19.3 Å². The van der Waals surface area contributed by atoms with Gasteiger partial charge < -0.3 is 4.74 Å². The molecule has 0 N–H and O–H groups in total. The summed E-state index contributed by atoms with van der Waals surface area (Å²) in [5.41, 5.74) is 2.05. The van der Waals surface area contributed by atoms with E-state index in [-0.39, 0.29) is 17.8 Å². The molecule has 1 fully saturated rings. The maximum atomic E-state index is 11.4. The van der Waals surface area contributed by atoms with Crippen molar-refractivity contribution in [3.05, 3.63) is 91.7 Å². The summed E-state index contributed by atoms with van der Waals surface area (Å²) in [5.74, 6) is 0.194. The summed E-state index contributed by atoms with van der Waals surface area (Å²) in [4.78, 5) is 23.1. The lowest BCUT2D eigenvalue weighted by Gasteiger charge is -2.00. The smallest absolute Gasteiger partial charge is 0.309 e. The van der Waals surface area contributed by atoms with Crippen LogP contribution in [0.3, 0.4) is 0 Å². The normalized spacial score (nSPS) is 15.9. The Labute approximate surface area is 216 Å². The number of carbonyl (C=O) groups excluding carboxylic acids is 1. The highest BCUT2D eigenvalue weighted by Crippen LogP contribution is 2.47. The Morgan fingerprint density at radius 3 is 2.06 bits per heavy atom. The average molecular weight is 605 g/mol. The molecule has 0 bridgehead atoms. The minimum absolute atomic E-state index is 0.0212. The molecule has 5 nitrogen and oxygen atoms in total. The molecule has 168 valence electrons. The van der Waals surface area contributed by atoms with Gasteiger partial charge in [-0.05, 0) is 77.2 Å². The summed E-state index contributed by atoms with van der Waals surface area (Å²) in [5, 5.41) is 1.54. The summed E-state index contributed by atoms with van der Waals surface area (Å²) >= 11 is 18.9. The zero-order chi connectivity index (χ0) is 23.5. The Kier molecular flexibility index (Phi) is 11.4. The molecule has 0 aromatic carbocycles. The van der Waals surface area contributed by atoms with E-state index < -0.39 is 0 Å². The number of aromatic nitrogens is 3. The Morgan fingerprint density at radius 1 is 1.03 bits per heavy atom. The molecule has 0 spiro atoms. The van der Waals surface area contributed by atoms with Crippen molar-refractivity contribution in [1.29, 1.82) is 0 Å². The number of rotatable bonds is 4. The molecule has 1 aliphatic rings. The Hall–Kier alpha value is -1.74. The van der Waals surface area contributed by atoms with Gasteiger partial charge in [-0.2, -0.15) is 0 Å². The number of nitrogens with zero attached hydrogens (tertiary/aromatic N) is 3. The minimum atomic E-state index is -0.0996. The molecule has 32 heavy (non-hydrogen) atoms. The van der Waals surface area contributed by atoms with Crippen molar-refractivity contribution >= 4 is 69.4 Å². The van der Waals surface area contributed by atoms with E-state index in [0.717, 1.165) is 21.1 Å². The predicted molar refractivity (Wildman–Crippen MR) is 138 cm³/mol. The monoisotopic (exact) mass is 603 g/mol. The molecular formula is C23H21Cl3IN3O2. The first-order chi connectivity index (χ1) is 15.3. The second-order valence-electron chi connectivity index (χ2n) is 6.53. The minimum Gasteiger partial charge on any atom is -0.466 e. The third-order valence-corrected chi connectivity index (χ3v) is 5.54. The molecule has 0 amide bonds. The standard InChI is InChI=1S/C11H12ClNO2.C7H6ClN.C5H3ClIN/c1-2-15-11(14)9-5-8(9)7-3-4-10(12)13-6-7;1-2-6-3-4-7(8)9-5-6;6-5-2-1-4(7)3-8-5/h3-4,6,8-9H,2,5H2,1H3;2-5H,1H2;1-3H. The number of esters is 1. The zero-order valence-electron chi connectivity index (χ0n) is 17.2. The van der Waals surface area contributed by atoms with E-state index in [0.29, 0.717) is 22.1 Å². The molecule has 1 aliphatic carbocycles. The van der Waals surface area contributed by atoms with Gasteiger partial charge in [-0.25, -0.2) is 15.0 Å². The van der Waals surface area contributed by atoms with E-state index in [4.69, 9.17) is 39.5 Å². The van der Waals surface area contributed by atoms with Gasteiger partial charge in [0.15, 0.2) is 0 Å². The van der Waals surface area contributed by atoms with Gasteiger partial charge in [-0.3, -0.25) is 4.79 Å². The Balaban J connectivity index is 0.000000183. The molecule has 0 aliphatic heterocycles. The highest BCUT2D eigenvalue weighted by atomic mass is 127. The molecule has 1 saturated carbocycles. The van der Waals surface area contributed by atoms with Crippen LogP contribution >= 0.6 is 57.4 Å². The first kappa shape index (κ1) is 26.5. The fourth-order valence-electron chi connectivity index (χ4n) is 2.55. The third kappa shape index (κ3) is 9.40. The molecule has 3 heterocycles. The fraction of sp³-hybridized carbons (Fsp3) is 0.217. The molecule has 0 radical (unpaired) electrons. The summed E-state index contributed by atoms with van der Waals surface area (Å²) < 4.78 is 6.06. The van der Waals surface area contributed by atoms with Gasteiger partial charge in [0.1, 0.15) is 15.5 Å². The van der Waals surface area contributed by atoms with Crippen LogP contribution in [0, 0.1) is 9.49 Å². The van der Waals surface area contributed by atoms with Crippen LogP contribution in [0.1, 0.15) is 30.4 Å². The highest BCUT2D eigenvalue weighted by Gasteiger charge is 2.45. The van der Waals surface area contributed by atoms with E-state index in [9.17, 15) is 4.79 Å². The van der Waals surface area contributed by atoms with E-state index >= 15 is 0 Å². The number of carbonyl (C=O) groups is 1. The van der Waals surface area contributed by atoms with Gasteiger partial charge in [0.2, 0.25) is 0 Å². The van der Waals surface area contributed by atoms with Gasteiger partial charge in [0.05, 0.1) is 12.5 Å². The molecule has 0 saturated heterocycles. The predicted octanol–water partition coefficient (Wildman–Crippen LogP) is 7.12. The molecule has 2 atom stereocenters. The average Bonchev–Trinajstić information content (AvgIpc) is 3.59. The van der Waals surface area contributed by atoms with Crippen LogP contribution in [0.2, 0.25) is 15.5 Å². The largest absolute Gasteiger partial charge is 0.466 e. The number of hydrogen-bond acceptors (Lipinski definition) is 5. The lowest BCUT2D eigenvalue weighted by atomic mass is 10.1. The lowest BCUT2D eigenvalue weighted by Crippen LogP contribution is -2.07.